The van der Waals surface area contributed by atoms with Gasteiger partial charge in [-0.05, 0) is 65.9 Å². The minimum absolute atomic E-state index is 0.0383. The van der Waals surface area contributed by atoms with Gasteiger partial charge < -0.3 is 20.1 Å². The largest absolute Gasteiger partial charge is 0.454 e. The van der Waals surface area contributed by atoms with Crippen LogP contribution < -0.4 is 20.1 Å². The molecule has 0 radical (unpaired) electrons. The number of rotatable bonds is 7. The molecular weight excluding hydrogens is 444 g/mol. The van der Waals surface area contributed by atoms with E-state index >= 15 is 0 Å². The van der Waals surface area contributed by atoms with Gasteiger partial charge in [-0.2, -0.15) is 11.3 Å². The van der Waals surface area contributed by atoms with E-state index in [-0.39, 0.29) is 18.7 Å². The highest BCUT2D eigenvalue weighted by atomic mass is 32.1. The van der Waals surface area contributed by atoms with Gasteiger partial charge in [0.25, 0.3) is 5.91 Å². The zero-order valence-corrected chi connectivity index (χ0v) is 19.3. The van der Waals surface area contributed by atoms with Gasteiger partial charge in [-0.25, -0.2) is 9.97 Å². The summed E-state index contributed by atoms with van der Waals surface area (Å²) in [5.41, 5.74) is 3.17. The van der Waals surface area contributed by atoms with Crippen molar-refractivity contribution in [3.05, 3.63) is 62.9 Å². The number of thiophene rings is 2. The zero-order valence-electron chi connectivity index (χ0n) is 17.7. The molecule has 1 amide bonds. The molecule has 1 aliphatic heterocycles. The molecule has 9 heteroatoms. The van der Waals surface area contributed by atoms with Crippen molar-refractivity contribution in [1.29, 1.82) is 0 Å². The van der Waals surface area contributed by atoms with Crippen LogP contribution in [0, 0.1) is 6.92 Å². The molecule has 4 heterocycles. The van der Waals surface area contributed by atoms with E-state index in [2.05, 4.69) is 37.4 Å². The lowest BCUT2D eigenvalue weighted by molar-refractivity contribution is 0.0943. The van der Waals surface area contributed by atoms with E-state index in [1.54, 1.807) is 11.3 Å². The number of aromatic nitrogens is 2. The van der Waals surface area contributed by atoms with E-state index in [9.17, 15) is 4.79 Å². The van der Waals surface area contributed by atoms with Crippen LogP contribution in [0.1, 0.15) is 33.3 Å². The summed E-state index contributed by atoms with van der Waals surface area (Å²) >= 11 is 3.06. The Morgan fingerprint density at radius 1 is 1.19 bits per heavy atom. The first kappa shape index (κ1) is 20.7. The van der Waals surface area contributed by atoms with Crippen molar-refractivity contribution in [1.82, 2.24) is 15.3 Å². The van der Waals surface area contributed by atoms with Crippen molar-refractivity contribution in [2.24, 2.45) is 0 Å². The number of carbonyl (C=O) groups excluding carboxylic acids is 1. The summed E-state index contributed by atoms with van der Waals surface area (Å²) in [6.45, 7) is 4.80. The molecule has 32 heavy (non-hydrogen) atoms. The monoisotopic (exact) mass is 466 g/mol. The van der Waals surface area contributed by atoms with E-state index in [4.69, 9.17) is 9.47 Å². The number of amides is 1. The standard InChI is InChI=1S/C23H22N4O3S2/c1-13(7-16-5-6-31-10-16)27-22(28)20-14(2)19-21(25-11-26-23(19)32-20)24-9-15-3-4-17-18(8-15)30-12-29-17/h3-6,8,10-11,13H,7,9,12H2,1-2H3,(H,27,28)(H,24,25,26). The second kappa shape index (κ2) is 8.76. The van der Waals surface area contributed by atoms with Gasteiger partial charge in [0, 0.05) is 12.6 Å². The van der Waals surface area contributed by atoms with Gasteiger partial charge in [0.2, 0.25) is 6.79 Å². The molecule has 5 rings (SSSR count). The van der Waals surface area contributed by atoms with Crippen LogP contribution in [-0.2, 0) is 13.0 Å². The minimum Gasteiger partial charge on any atom is -0.454 e. The summed E-state index contributed by atoms with van der Waals surface area (Å²) in [6, 6.07) is 7.99. The van der Waals surface area contributed by atoms with E-state index in [1.165, 1.54) is 23.2 Å². The predicted molar refractivity (Wildman–Crippen MR) is 127 cm³/mol. The molecule has 0 aliphatic carbocycles. The van der Waals surface area contributed by atoms with Gasteiger partial charge in [-0.1, -0.05) is 6.07 Å². The quantitative estimate of drug-likeness (QED) is 0.408. The summed E-state index contributed by atoms with van der Waals surface area (Å²) in [7, 11) is 0. The number of nitrogens with one attached hydrogen (secondary N) is 2. The summed E-state index contributed by atoms with van der Waals surface area (Å²) in [5.74, 6) is 2.15. The Morgan fingerprint density at radius 3 is 2.91 bits per heavy atom. The molecule has 3 aromatic heterocycles. The van der Waals surface area contributed by atoms with E-state index in [1.807, 2.05) is 32.0 Å². The highest BCUT2D eigenvalue weighted by Gasteiger charge is 2.21. The van der Waals surface area contributed by atoms with Gasteiger partial charge in [-0.15, -0.1) is 11.3 Å². The van der Waals surface area contributed by atoms with Gasteiger partial charge in [0.15, 0.2) is 11.5 Å². The first-order valence-electron chi connectivity index (χ1n) is 10.3. The number of carbonyl (C=O) groups is 1. The Labute approximate surface area is 193 Å². The third-order valence-corrected chi connectivity index (χ3v) is 7.26. The maximum Gasteiger partial charge on any atom is 0.261 e. The fourth-order valence-electron chi connectivity index (χ4n) is 3.76. The minimum atomic E-state index is -0.0741. The molecule has 0 fully saturated rings. The molecule has 164 valence electrons. The van der Waals surface area contributed by atoms with Crippen LogP contribution in [-0.4, -0.2) is 28.7 Å². The van der Waals surface area contributed by atoms with Gasteiger partial charge >= 0.3 is 0 Å². The first-order chi connectivity index (χ1) is 15.6. The van der Waals surface area contributed by atoms with Gasteiger partial charge in [-0.3, -0.25) is 4.79 Å². The molecule has 1 aliphatic rings. The second-order valence-electron chi connectivity index (χ2n) is 7.71. The summed E-state index contributed by atoms with van der Waals surface area (Å²) < 4.78 is 10.8. The number of anilines is 1. The van der Waals surface area contributed by atoms with Crippen LogP contribution in [0.5, 0.6) is 11.5 Å². The van der Waals surface area contributed by atoms with Crippen molar-refractivity contribution in [2.45, 2.75) is 32.9 Å². The Balaban J connectivity index is 1.33. The number of hydrogen-bond donors (Lipinski definition) is 2. The van der Waals surface area contributed by atoms with E-state index in [0.717, 1.165) is 39.3 Å². The molecule has 0 spiro atoms. The van der Waals surface area contributed by atoms with Crippen molar-refractivity contribution >= 4 is 44.6 Å². The van der Waals surface area contributed by atoms with Crippen molar-refractivity contribution in [2.75, 3.05) is 12.1 Å². The number of benzene rings is 1. The van der Waals surface area contributed by atoms with Crippen LogP contribution in [0.2, 0.25) is 0 Å². The average molecular weight is 467 g/mol. The smallest absolute Gasteiger partial charge is 0.261 e. The molecule has 0 bridgehead atoms. The molecule has 0 saturated heterocycles. The number of fused-ring (bicyclic) bond motifs is 2. The predicted octanol–water partition coefficient (Wildman–Crippen LogP) is 4.76. The Bertz CT molecular complexity index is 1270. The van der Waals surface area contributed by atoms with Crippen molar-refractivity contribution in [3.63, 3.8) is 0 Å². The second-order valence-corrected chi connectivity index (χ2v) is 9.49. The number of nitrogens with zero attached hydrogens (tertiary/aromatic N) is 2. The average Bonchev–Trinajstić information content (AvgIpc) is 3.52. The third kappa shape index (κ3) is 4.13. The van der Waals surface area contributed by atoms with Crippen LogP contribution in [0.3, 0.4) is 0 Å². The molecule has 4 aromatic rings. The maximum atomic E-state index is 13.0. The lowest BCUT2D eigenvalue weighted by Crippen LogP contribution is -2.33. The molecule has 0 saturated carbocycles. The molecule has 7 nitrogen and oxygen atoms in total. The highest BCUT2D eigenvalue weighted by molar-refractivity contribution is 7.20. The number of aryl methyl sites for hydroxylation is 1. The summed E-state index contributed by atoms with van der Waals surface area (Å²) in [5, 5.41) is 11.6. The molecule has 1 aromatic carbocycles. The fraction of sp³-hybridized carbons (Fsp3) is 0.261. The Hall–Kier alpha value is -3.17. The first-order valence-corrected chi connectivity index (χ1v) is 12.0. The molecule has 2 N–H and O–H groups in total. The normalized spacial score (nSPS) is 13.3. The van der Waals surface area contributed by atoms with Crippen LogP contribution in [0.15, 0.2) is 41.4 Å². The Morgan fingerprint density at radius 2 is 2.06 bits per heavy atom. The number of ether oxygens (including phenoxy) is 2. The van der Waals surface area contributed by atoms with Gasteiger partial charge in [0.05, 0.1) is 10.3 Å². The lowest BCUT2D eigenvalue weighted by Gasteiger charge is -2.13. The molecular formula is C23H22N4O3S2. The Kier molecular flexibility index (Phi) is 5.67. The van der Waals surface area contributed by atoms with Crippen LogP contribution >= 0.6 is 22.7 Å². The lowest BCUT2D eigenvalue weighted by atomic mass is 10.1. The van der Waals surface area contributed by atoms with Crippen LogP contribution in [0.4, 0.5) is 5.82 Å². The summed E-state index contributed by atoms with van der Waals surface area (Å²) in [4.78, 5) is 23.3. The third-order valence-electron chi connectivity index (χ3n) is 5.33. The summed E-state index contributed by atoms with van der Waals surface area (Å²) in [6.07, 6.45) is 2.34. The SMILES string of the molecule is Cc1c(C(=O)NC(C)Cc2ccsc2)sc2ncnc(NCc3ccc4c(c3)OCO4)c12. The van der Waals surface area contributed by atoms with E-state index in [0.29, 0.717) is 17.2 Å². The topological polar surface area (TPSA) is 85.4 Å². The number of hydrogen-bond acceptors (Lipinski definition) is 8. The maximum absolute atomic E-state index is 13.0. The fourth-order valence-corrected chi connectivity index (χ4v) is 5.49. The highest BCUT2D eigenvalue weighted by Crippen LogP contribution is 2.35. The van der Waals surface area contributed by atoms with Crippen molar-refractivity contribution < 1.29 is 14.3 Å². The van der Waals surface area contributed by atoms with Gasteiger partial charge in [0.1, 0.15) is 17.0 Å². The van der Waals surface area contributed by atoms with E-state index < -0.39 is 0 Å². The molecule has 1 atom stereocenters. The van der Waals surface area contributed by atoms with Crippen molar-refractivity contribution in [3.8, 4) is 11.5 Å². The molecule has 1 unspecified atom stereocenters. The van der Waals surface area contributed by atoms with Crippen LogP contribution in [0.25, 0.3) is 10.2 Å². The zero-order chi connectivity index (χ0) is 22.1.